The molecule has 3 heterocycles. The first-order valence-electron chi connectivity index (χ1n) is 11.9. The lowest BCUT2D eigenvalue weighted by molar-refractivity contribution is 0.0210. The first kappa shape index (κ1) is 22.9. The Morgan fingerprint density at radius 3 is 2.57 bits per heavy atom. The molecule has 1 aliphatic heterocycles. The van der Waals surface area contributed by atoms with Crippen molar-refractivity contribution >= 4 is 33.6 Å². The minimum atomic E-state index is -0.498. The molecule has 182 valence electrons. The van der Waals surface area contributed by atoms with Gasteiger partial charge in [-0.2, -0.15) is 5.10 Å². The molecule has 0 unspecified atom stereocenters. The fourth-order valence-electron chi connectivity index (χ4n) is 4.45. The number of anilines is 1. The van der Waals surface area contributed by atoms with E-state index in [1.807, 2.05) is 70.4 Å². The van der Waals surface area contributed by atoms with Crippen LogP contribution in [0.2, 0.25) is 0 Å². The van der Waals surface area contributed by atoms with Crippen LogP contribution in [0.15, 0.2) is 53.7 Å². The van der Waals surface area contributed by atoms with Gasteiger partial charge in [-0.3, -0.25) is 14.0 Å². The highest BCUT2D eigenvalue weighted by molar-refractivity contribution is 5.83. The van der Waals surface area contributed by atoms with Crippen LogP contribution >= 0.6 is 0 Å². The third-order valence-corrected chi connectivity index (χ3v) is 6.16. The van der Waals surface area contributed by atoms with Crippen LogP contribution in [0.3, 0.4) is 0 Å². The zero-order chi connectivity index (χ0) is 24.7. The normalized spacial score (nSPS) is 15.0. The van der Waals surface area contributed by atoms with Gasteiger partial charge >= 0.3 is 6.09 Å². The molecular formula is C26H30N6O3. The number of carbonyl (C=O) groups is 1. The number of hydrogen-bond acceptors (Lipinski definition) is 6. The Hall–Kier alpha value is -3.88. The molecule has 0 bridgehead atoms. The molecule has 9 heteroatoms. The van der Waals surface area contributed by atoms with Gasteiger partial charge in [0.05, 0.1) is 22.1 Å². The van der Waals surface area contributed by atoms with Crippen LogP contribution in [0.5, 0.6) is 0 Å². The number of nitrogens with zero attached hydrogens (tertiary/aromatic N) is 5. The van der Waals surface area contributed by atoms with Gasteiger partial charge < -0.3 is 15.0 Å². The second kappa shape index (κ2) is 8.72. The van der Waals surface area contributed by atoms with Gasteiger partial charge in [0.15, 0.2) is 0 Å². The maximum atomic E-state index is 13.4. The summed E-state index contributed by atoms with van der Waals surface area (Å²) in [6.07, 6.45) is 4.84. The summed E-state index contributed by atoms with van der Waals surface area (Å²) >= 11 is 0. The Morgan fingerprint density at radius 2 is 1.83 bits per heavy atom. The molecule has 2 aromatic heterocycles. The minimum Gasteiger partial charge on any atom is -0.444 e. The number of nitrogens with one attached hydrogen (secondary N) is 1. The number of likely N-dealkylation sites (tertiary alicyclic amines) is 1. The van der Waals surface area contributed by atoms with E-state index in [0.717, 1.165) is 35.1 Å². The van der Waals surface area contributed by atoms with Gasteiger partial charge in [0, 0.05) is 43.4 Å². The fraction of sp³-hybridized carbons (Fsp3) is 0.385. The molecular weight excluding hydrogens is 444 g/mol. The van der Waals surface area contributed by atoms with Crippen LogP contribution in [0.1, 0.15) is 33.6 Å². The summed E-state index contributed by atoms with van der Waals surface area (Å²) in [5, 5.41) is 9.44. The Morgan fingerprint density at radius 1 is 1.09 bits per heavy atom. The molecule has 1 aliphatic rings. The summed E-state index contributed by atoms with van der Waals surface area (Å²) < 4.78 is 8.81. The van der Waals surface area contributed by atoms with Gasteiger partial charge in [-0.25, -0.2) is 9.78 Å². The van der Waals surface area contributed by atoms with Gasteiger partial charge in [0.2, 0.25) is 0 Å². The topological polar surface area (TPSA) is 94.3 Å². The zero-order valence-electron chi connectivity index (χ0n) is 20.5. The van der Waals surface area contributed by atoms with E-state index in [2.05, 4.69) is 15.4 Å². The number of aromatic nitrogens is 4. The van der Waals surface area contributed by atoms with Crippen LogP contribution in [0.4, 0.5) is 10.5 Å². The molecule has 1 amide bonds. The molecule has 0 radical (unpaired) electrons. The molecule has 0 spiro atoms. The Balaban J connectivity index is 1.33. The van der Waals surface area contributed by atoms with E-state index in [9.17, 15) is 9.59 Å². The number of amides is 1. The highest BCUT2D eigenvalue weighted by Gasteiger charge is 2.26. The predicted molar refractivity (Wildman–Crippen MR) is 136 cm³/mol. The Labute approximate surface area is 203 Å². The first-order valence-corrected chi connectivity index (χ1v) is 11.9. The van der Waals surface area contributed by atoms with Gasteiger partial charge in [-0.1, -0.05) is 0 Å². The van der Waals surface area contributed by atoms with E-state index >= 15 is 0 Å². The van der Waals surface area contributed by atoms with Crippen molar-refractivity contribution in [3.05, 3.63) is 59.3 Å². The maximum absolute atomic E-state index is 13.4. The van der Waals surface area contributed by atoms with Crippen LogP contribution in [0, 0.1) is 0 Å². The van der Waals surface area contributed by atoms with Crippen molar-refractivity contribution in [3.8, 4) is 5.69 Å². The predicted octanol–water partition coefficient (Wildman–Crippen LogP) is 4.08. The smallest absolute Gasteiger partial charge is 0.410 e. The standard InChI is InChI=1S/C26H30N6O3/c1-26(2,3)35-25(34)31-11-9-18(10-12-31)28-19-5-7-23-21(14-19)24(33)32(16-27-23)20-6-8-22-17(13-20)15-30(4)29-22/h5-8,13-16,18,28H,9-12H2,1-4H3. The van der Waals surface area contributed by atoms with Crippen molar-refractivity contribution in [2.45, 2.75) is 45.3 Å². The monoisotopic (exact) mass is 474 g/mol. The van der Waals surface area contributed by atoms with E-state index < -0.39 is 5.60 Å². The minimum absolute atomic E-state index is 0.123. The number of ether oxygens (including phenoxy) is 1. The van der Waals surface area contributed by atoms with E-state index in [4.69, 9.17) is 4.74 Å². The van der Waals surface area contributed by atoms with Crippen LogP contribution in [-0.2, 0) is 11.8 Å². The number of fused-ring (bicyclic) bond motifs is 2. The van der Waals surface area contributed by atoms with Gasteiger partial charge in [-0.05, 0) is 70.0 Å². The molecule has 0 saturated carbocycles. The average Bonchev–Trinajstić information content (AvgIpc) is 3.18. The third kappa shape index (κ3) is 4.84. The van der Waals surface area contributed by atoms with Crippen molar-refractivity contribution in [3.63, 3.8) is 0 Å². The second-order valence-electron chi connectivity index (χ2n) is 10.1. The summed E-state index contributed by atoms with van der Waals surface area (Å²) in [5.74, 6) is 0. The van der Waals surface area contributed by atoms with Crippen molar-refractivity contribution in [2.24, 2.45) is 7.05 Å². The molecule has 1 saturated heterocycles. The van der Waals surface area contributed by atoms with Gasteiger partial charge in [0.25, 0.3) is 5.56 Å². The van der Waals surface area contributed by atoms with Crippen LogP contribution < -0.4 is 10.9 Å². The number of hydrogen-bond donors (Lipinski definition) is 1. The van der Waals surface area contributed by atoms with E-state index in [-0.39, 0.29) is 17.7 Å². The van der Waals surface area contributed by atoms with Crippen molar-refractivity contribution in [2.75, 3.05) is 18.4 Å². The quantitative estimate of drug-likeness (QED) is 0.481. The largest absolute Gasteiger partial charge is 0.444 e. The molecule has 2 aromatic carbocycles. The lowest BCUT2D eigenvalue weighted by atomic mass is 10.0. The lowest BCUT2D eigenvalue weighted by Crippen LogP contribution is -2.44. The second-order valence-corrected chi connectivity index (χ2v) is 10.1. The Kier molecular flexibility index (Phi) is 5.70. The van der Waals surface area contributed by atoms with Gasteiger partial charge in [0.1, 0.15) is 11.9 Å². The van der Waals surface area contributed by atoms with Gasteiger partial charge in [-0.15, -0.1) is 0 Å². The molecule has 0 aliphatic carbocycles. The maximum Gasteiger partial charge on any atom is 0.410 e. The van der Waals surface area contributed by atoms with Crippen molar-refractivity contribution in [1.82, 2.24) is 24.2 Å². The molecule has 4 aromatic rings. The average molecular weight is 475 g/mol. The molecule has 9 nitrogen and oxygen atoms in total. The van der Waals surface area contributed by atoms with Crippen molar-refractivity contribution in [1.29, 1.82) is 0 Å². The zero-order valence-corrected chi connectivity index (χ0v) is 20.5. The summed E-state index contributed by atoms with van der Waals surface area (Å²) in [4.78, 5) is 31.9. The van der Waals surface area contributed by atoms with E-state index in [1.165, 1.54) is 0 Å². The SMILES string of the molecule is Cn1cc2cc(-n3cnc4ccc(NC5CCN(C(=O)OC(C)(C)C)CC5)cc4c3=O)ccc2n1. The molecule has 1 N–H and O–H groups in total. The summed E-state index contributed by atoms with van der Waals surface area (Å²) in [6.45, 7) is 6.88. The summed E-state index contributed by atoms with van der Waals surface area (Å²) in [6, 6.07) is 11.6. The fourth-order valence-corrected chi connectivity index (χ4v) is 4.45. The number of rotatable bonds is 3. The molecule has 1 fully saturated rings. The lowest BCUT2D eigenvalue weighted by Gasteiger charge is -2.34. The number of carbonyl (C=O) groups excluding carboxylic acids is 1. The van der Waals surface area contributed by atoms with Crippen LogP contribution in [0.25, 0.3) is 27.5 Å². The number of benzene rings is 2. The molecule has 0 atom stereocenters. The highest BCUT2D eigenvalue weighted by atomic mass is 16.6. The van der Waals surface area contributed by atoms with Crippen LogP contribution in [-0.4, -0.2) is 55.1 Å². The first-order chi connectivity index (χ1) is 16.7. The summed E-state index contributed by atoms with van der Waals surface area (Å²) in [7, 11) is 1.87. The van der Waals surface area contributed by atoms with E-state index in [1.54, 1.807) is 20.5 Å². The summed E-state index contributed by atoms with van der Waals surface area (Å²) in [5.41, 5.74) is 2.52. The Bertz CT molecular complexity index is 1460. The van der Waals surface area contributed by atoms with Crippen molar-refractivity contribution < 1.29 is 9.53 Å². The molecule has 5 rings (SSSR count). The third-order valence-electron chi connectivity index (χ3n) is 6.16. The highest BCUT2D eigenvalue weighted by Crippen LogP contribution is 2.22. The molecule has 35 heavy (non-hydrogen) atoms. The number of piperidine rings is 1. The van der Waals surface area contributed by atoms with E-state index in [0.29, 0.717) is 24.0 Å². The number of aryl methyl sites for hydroxylation is 1.